The van der Waals surface area contributed by atoms with Crippen LogP contribution in [0.5, 0.6) is 11.5 Å². The third-order valence-electron chi connectivity index (χ3n) is 3.86. The van der Waals surface area contributed by atoms with Crippen molar-refractivity contribution in [2.75, 3.05) is 27.3 Å². The van der Waals surface area contributed by atoms with Gasteiger partial charge in [-0.2, -0.15) is 0 Å². The molecule has 0 aliphatic heterocycles. The highest BCUT2D eigenvalue weighted by Gasteiger charge is 2.10. The van der Waals surface area contributed by atoms with Gasteiger partial charge in [0.1, 0.15) is 0 Å². The lowest BCUT2D eigenvalue weighted by Crippen LogP contribution is -2.34. The first kappa shape index (κ1) is 19.3. The standard InChI is InChI=1S/C20H24N2O4/c1-25-17-10-9-16(14-18(17)26-2)20(24)22-13-12-21-19(23)11-8-15-6-4-3-5-7-15/h3-7,9-10,14H,8,11-13H2,1-2H3,(H,21,23)(H,22,24). The molecule has 6 nitrogen and oxygen atoms in total. The summed E-state index contributed by atoms with van der Waals surface area (Å²) >= 11 is 0. The van der Waals surface area contributed by atoms with Gasteiger partial charge < -0.3 is 20.1 Å². The summed E-state index contributed by atoms with van der Waals surface area (Å²) in [4.78, 5) is 24.0. The number of carbonyl (C=O) groups excluding carboxylic acids is 2. The highest BCUT2D eigenvalue weighted by Crippen LogP contribution is 2.27. The minimum Gasteiger partial charge on any atom is -0.493 e. The summed E-state index contributed by atoms with van der Waals surface area (Å²) in [6.07, 6.45) is 1.12. The molecule has 0 radical (unpaired) electrons. The molecule has 2 N–H and O–H groups in total. The van der Waals surface area contributed by atoms with Crippen LogP contribution in [0.2, 0.25) is 0 Å². The lowest BCUT2D eigenvalue weighted by Gasteiger charge is -2.10. The van der Waals surface area contributed by atoms with E-state index in [1.165, 1.54) is 14.2 Å². The van der Waals surface area contributed by atoms with E-state index in [0.717, 1.165) is 5.56 Å². The van der Waals surface area contributed by atoms with E-state index in [2.05, 4.69) is 10.6 Å². The lowest BCUT2D eigenvalue weighted by atomic mass is 10.1. The molecular weight excluding hydrogens is 332 g/mol. The van der Waals surface area contributed by atoms with Crippen LogP contribution in [-0.2, 0) is 11.2 Å². The first-order valence-corrected chi connectivity index (χ1v) is 8.45. The first-order chi connectivity index (χ1) is 12.6. The minimum atomic E-state index is -0.232. The van der Waals surface area contributed by atoms with Crippen LogP contribution < -0.4 is 20.1 Å². The largest absolute Gasteiger partial charge is 0.493 e. The van der Waals surface area contributed by atoms with E-state index in [1.807, 2.05) is 30.3 Å². The minimum absolute atomic E-state index is 0.0331. The van der Waals surface area contributed by atoms with E-state index in [4.69, 9.17) is 9.47 Å². The molecule has 0 saturated carbocycles. The Balaban J connectivity index is 1.70. The van der Waals surface area contributed by atoms with E-state index in [9.17, 15) is 9.59 Å². The zero-order valence-electron chi connectivity index (χ0n) is 15.1. The van der Waals surface area contributed by atoms with Crippen LogP contribution in [0.4, 0.5) is 0 Å². The molecule has 0 aliphatic rings. The summed E-state index contributed by atoms with van der Waals surface area (Å²) in [6.45, 7) is 0.733. The van der Waals surface area contributed by atoms with Gasteiger partial charge in [-0.1, -0.05) is 30.3 Å². The van der Waals surface area contributed by atoms with Gasteiger partial charge in [0.15, 0.2) is 11.5 Å². The zero-order chi connectivity index (χ0) is 18.8. The lowest BCUT2D eigenvalue weighted by molar-refractivity contribution is -0.121. The first-order valence-electron chi connectivity index (χ1n) is 8.45. The van der Waals surface area contributed by atoms with E-state index in [0.29, 0.717) is 43.0 Å². The van der Waals surface area contributed by atoms with E-state index < -0.39 is 0 Å². The number of hydrogen-bond donors (Lipinski definition) is 2. The van der Waals surface area contributed by atoms with Crippen LogP contribution in [-0.4, -0.2) is 39.1 Å². The second kappa shape index (κ2) is 10.1. The summed E-state index contributed by atoms with van der Waals surface area (Å²) in [5.41, 5.74) is 1.60. The Kier molecular flexibility index (Phi) is 7.49. The maximum absolute atomic E-state index is 12.1. The number of amides is 2. The Bertz CT molecular complexity index is 732. The number of methoxy groups -OCH3 is 2. The number of ether oxygens (including phenoxy) is 2. The van der Waals surface area contributed by atoms with E-state index in [-0.39, 0.29) is 11.8 Å². The molecule has 2 amide bonds. The Hall–Kier alpha value is -3.02. The third-order valence-corrected chi connectivity index (χ3v) is 3.86. The fraction of sp³-hybridized carbons (Fsp3) is 0.300. The Morgan fingerprint density at radius 3 is 2.27 bits per heavy atom. The second-order valence-corrected chi connectivity index (χ2v) is 5.66. The Labute approximate surface area is 153 Å². The van der Waals surface area contributed by atoms with Crippen molar-refractivity contribution >= 4 is 11.8 Å². The molecule has 0 heterocycles. The molecule has 0 aliphatic carbocycles. The van der Waals surface area contributed by atoms with Crippen molar-refractivity contribution < 1.29 is 19.1 Å². The molecule has 2 aromatic rings. The van der Waals surface area contributed by atoms with Gasteiger partial charge in [-0.3, -0.25) is 9.59 Å². The highest BCUT2D eigenvalue weighted by atomic mass is 16.5. The van der Waals surface area contributed by atoms with Gasteiger partial charge in [-0.15, -0.1) is 0 Å². The average molecular weight is 356 g/mol. The molecule has 0 spiro atoms. The predicted octanol–water partition coefficient (Wildman–Crippen LogP) is 2.18. The molecule has 138 valence electrons. The predicted molar refractivity (Wildman–Crippen MR) is 99.7 cm³/mol. The Morgan fingerprint density at radius 1 is 0.885 bits per heavy atom. The van der Waals surface area contributed by atoms with Gasteiger partial charge in [0.25, 0.3) is 5.91 Å². The molecule has 2 aromatic carbocycles. The number of carbonyl (C=O) groups is 2. The zero-order valence-corrected chi connectivity index (χ0v) is 15.1. The van der Waals surface area contributed by atoms with Crippen molar-refractivity contribution in [2.24, 2.45) is 0 Å². The quantitative estimate of drug-likeness (QED) is 0.675. The molecule has 26 heavy (non-hydrogen) atoms. The van der Waals surface area contributed by atoms with Crippen molar-refractivity contribution in [2.45, 2.75) is 12.8 Å². The monoisotopic (exact) mass is 356 g/mol. The van der Waals surface area contributed by atoms with Gasteiger partial charge in [0, 0.05) is 25.1 Å². The highest BCUT2D eigenvalue weighted by molar-refractivity contribution is 5.94. The molecule has 0 saturated heterocycles. The van der Waals surface area contributed by atoms with Crippen LogP contribution >= 0.6 is 0 Å². The molecule has 6 heteroatoms. The smallest absolute Gasteiger partial charge is 0.251 e. The Morgan fingerprint density at radius 2 is 1.58 bits per heavy atom. The van der Waals surface area contributed by atoms with Crippen LogP contribution in [0.25, 0.3) is 0 Å². The van der Waals surface area contributed by atoms with E-state index >= 15 is 0 Å². The maximum Gasteiger partial charge on any atom is 0.251 e. The number of aryl methyl sites for hydroxylation is 1. The summed E-state index contributed by atoms with van der Waals surface area (Å²) in [6, 6.07) is 14.8. The van der Waals surface area contributed by atoms with Crippen LogP contribution in [0.15, 0.2) is 48.5 Å². The number of rotatable bonds is 9. The second-order valence-electron chi connectivity index (χ2n) is 5.66. The van der Waals surface area contributed by atoms with Gasteiger partial charge in [-0.25, -0.2) is 0 Å². The maximum atomic E-state index is 12.1. The fourth-order valence-corrected chi connectivity index (χ4v) is 2.45. The van der Waals surface area contributed by atoms with Gasteiger partial charge in [0.05, 0.1) is 14.2 Å². The van der Waals surface area contributed by atoms with Crippen LogP contribution in [0, 0.1) is 0 Å². The van der Waals surface area contributed by atoms with Crippen molar-refractivity contribution in [1.82, 2.24) is 10.6 Å². The van der Waals surface area contributed by atoms with Gasteiger partial charge >= 0.3 is 0 Å². The summed E-state index contributed by atoms with van der Waals surface area (Å²) in [5.74, 6) is 0.794. The summed E-state index contributed by atoms with van der Waals surface area (Å²) in [5, 5.41) is 5.57. The van der Waals surface area contributed by atoms with Crippen LogP contribution in [0.1, 0.15) is 22.3 Å². The van der Waals surface area contributed by atoms with Crippen molar-refractivity contribution in [3.8, 4) is 11.5 Å². The van der Waals surface area contributed by atoms with Gasteiger partial charge in [-0.05, 0) is 30.2 Å². The molecule has 0 atom stereocenters. The number of nitrogens with one attached hydrogen (secondary N) is 2. The average Bonchev–Trinajstić information content (AvgIpc) is 2.69. The number of benzene rings is 2. The molecule has 2 rings (SSSR count). The summed E-state index contributed by atoms with van der Waals surface area (Å²) in [7, 11) is 3.06. The molecule has 0 bridgehead atoms. The van der Waals surface area contributed by atoms with E-state index in [1.54, 1.807) is 18.2 Å². The third kappa shape index (κ3) is 5.81. The van der Waals surface area contributed by atoms with Crippen molar-refractivity contribution in [1.29, 1.82) is 0 Å². The van der Waals surface area contributed by atoms with Crippen molar-refractivity contribution in [3.05, 3.63) is 59.7 Å². The molecule has 0 aromatic heterocycles. The molecule has 0 unspecified atom stereocenters. The molecule has 0 fully saturated rings. The topological polar surface area (TPSA) is 76.7 Å². The fourth-order valence-electron chi connectivity index (χ4n) is 2.45. The van der Waals surface area contributed by atoms with Crippen molar-refractivity contribution in [3.63, 3.8) is 0 Å². The van der Waals surface area contributed by atoms with Gasteiger partial charge in [0.2, 0.25) is 5.91 Å². The summed E-state index contributed by atoms with van der Waals surface area (Å²) < 4.78 is 10.3. The number of hydrogen-bond acceptors (Lipinski definition) is 4. The van der Waals surface area contributed by atoms with Crippen LogP contribution in [0.3, 0.4) is 0 Å². The SMILES string of the molecule is COc1ccc(C(=O)NCCNC(=O)CCc2ccccc2)cc1OC. The molecular formula is C20H24N2O4. The normalized spacial score (nSPS) is 10.1.